The van der Waals surface area contributed by atoms with Crippen molar-refractivity contribution in [3.63, 3.8) is 0 Å². The third-order valence-electron chi connectivity index (χ3n) is 1.95. The topological polar surface area (TPSA) is 95.6 Å². The van der Waals surface area contributed by atoms with Crippen LogP contribution in [0.2, 0.25) is 0 Å². The van der Waals surface area contributed by atoms with E-state index in [9.17, 15) is 18.7 Å². The maximum atomic E-state index is 12.4. The van der Waals surface area contributed by atoms with E-state index in [4.69, 9.17) is 10.9 Å². The number of carboxylic acid groups (broad SMARTS) is 1. The van der Waals surface area contributed by atoms with E-state index in [1.165, 1.54) is 6.07 Å². The van der Waals surface area contributed by atoms with Gasteiger partial charge in [0.25, 0.3) is 6.43 Å². The molecule has 0 heterocycles. The number of rotatable bonds is 4. The number of nitrogens with one attached hydrogen (secondary N) is 1. The van der Waals surface area contributed by atoms with Crippen LogP contribution in [-0.2, 0) is 4.79 Å². The van der Waals surface area contributed by atoms with E-state index in [-0.39, 0.29) is 11.3 Å². The van der Waals surface area contributed by atoms with Gasteiger partial charge in [-0.2, -0.15) is 0 Å². The van der Waals surface area contributed by atoms with Crippen LogP contribution < -0.4 is 11.3 Å². The van der Waals surface area contributed by atoms with Crippen molar-refractivity contribution in [1.29, 1.82) is 0 Å². The molecule has 0 aliphatic carbocycles. The molecule has 1 aromatic carbocycles. The summed E-state index contributed by atoms with van der Waals surface area (Å²) in [4.78, 5) is 10.5. The highest BCUT2D eigenvalue weighted by Gasteiger charge is 2.19. The molecule has 0 bridgehead atoms. The number of halogens is 2. The van der Waals surface area contributed by atoms with E-state index in [0.29, 0.717) is 0 Å². The number of nitrogens with two attached hydrogens (primary N) is 1. The summed E-state index contributed by atoms with van der Waals surface area (Å²) < 4.78 is 24.9. The third-order valence-corrected chi connectivity index (χ3v) is 1.95. The van der Waals surface area contributed by atoms with Crippen LogP contribution in [0, 0.1) is 0 Å². The van der Waals surface area contributed by atoms with Gasteiger partial charge in [0, 0.05) is 11.3 Å². The number of carboxylic acids is 1. The van der Waals surface area contributed by atoms with E-state index < -0.39 is 24.1 Å². The summed E-state index contributed by atoms with van der Waals surface area (Å²) in [5.74, 6) is 3.52. The second-order valence-corrected chi connectivity index (χ2v) is 3.07. The molecule has 0 aromatic heterocycles. The average molecular weight is 232 g/mol. The quantitative estimate of drug-likeness (QED) is 0.459. The predicted molar refractivity (Wildman–Crippen MR) is 51.8 cm³/mol. The number of alkyl halides is 2. The fraction of sp³-hybridized carbons (Fsp3) is 0.222. The van der Waals surface area contributed by atoms with Crippen LogP contribution in [0.15, 0.2) is 18.2 Å². The van der Waals surface area contributed by atoms with Gasteiger partial charge in [-0.15, -0.1) is 0 Å². The Morgan fingerprint density at radius 2 is 1.88 bits per heavy atom. The highest BCUT2D eigenvalue weighted by molar-refractivity contribution is 5.74. The lowest BCUT2D eigenvalue weighted by atomic mass is 10.0. The number of nitrogen functional groups attached to an aromatic ring is 1. The van der Waals surface area contributed by atoms with E-state index in [1.54, 1.807) is 0 Å². The Labute approximate surface area is 89.5 Å². The summed E-state index contributed by atoms with van der Waals surface area (Å²) in [5.41, 5.74) is 1.66. The Morgan fingerprint density at radius 3 is 2.31 bits per heavy atom. The van der Waals surface area contributed by atoms with E-state index >= 15 is 0 Å². The lowest BCUT2D eigenvalue weighted by Crippen LogP contribution is -2.13. The van der Waals surface area contributed by atoms with Crippen molar-refractivity contribution in [1.82, 2.24) is 0 Å². The number of aliphatic hydroxyl groups excluding tert-OH is 1. The lowest BCUT2D eigenvalue weighted by molar-refractivity contribution is -0.146. The first-order valence-electron chi connectivity index (χ1n) is 4.26. The minimum Gasteiger partial charge on any atom is -0.479 e. The molecule has 0 radical (unpaired) electrons. The minimum atomic E-state index is -2.77. The first kappa shape index (κ1) is 12.3. The average Bonchev–Trinajstić information content (AvgIpc) is 2.27. The van der Waals surface area contributed by atoms with Gasteiger partial charge in [0.2, 0.25) is 0 Å². The number of hydrogen-bond acceptors (Lipinski definition) is 4. The van der Waals surface area contributed by atoms with Gasteiger partial charge in [-0.05, 0) is 23.8 Å². The van der Waals surface area contributed by atoms with E-state index in [0.717, 1.165) is 12.1 Å². The van der Waals surface area contributed by atoms with Crippen LogP contribution in [0.1, 0.15) is 23.7 Å². The summed E-state index contributed by atoms with van der Waals surface area (Å²) in [6.07, 6.45) is -4.63. The normalized spacial score (nSPS) is 12.6. The van der Waals surface area contributed by atoms with Gasteiger partial charge in [0.05, 0.1) is 0 Å². The van der Waals surface area contributed by atoms with Crippen LogP contribution >= 0.6 is 0 Å². The van der Waals surface area contributed by atoms with Crippen LogP contribution in [0.5, 0.6) is 0 Å². The molecule has 7 heteroatoms. The van der Waals surface area contributed by atoms with Crippen LogP contribution in [0.3, 0.4) is 0 Å². The van der Waals surface area contributed by atoms with Crippen LogP contribution in [-0.4, -0.2) is 16.2 Å². The Balaban J connectivity index is 3.18. The van der Waals surface area contributed by atoms with Crippen LogP contribution in [0.4, 0.5) is 14.5 Å². The molecule has 1 aromatic rings. The zero-order chi connectivity index (χ0) is 12.3. The van der Waals surface area contributed by atoms with Crippen molar-refractivity contribution in [3.8, 4) is 0 Å². The summed E-state index contributed by atoms with van der Waals surface area (Å²) in [6.45, 7) is 0. The number of benzene rings is 1. The molecule has 1 unspecified atom stereocenters. The second kappa shape index (κ2) is 4.86. The van der Waals surface area contributed by atoms with E-state index in [2.05, 4.69) is 5.43 Å². The fourth-order valence-corrected chi connectivity index (χ4v) is 1.19. The highest BCUT2D eigenvalue weighted by atomic mass is 19.3. The van der Waals surface area contributed by atoms with Crippen molar-refractivity contribution in [2.24, 2.45) is 5.84 Å². The van der Waals surface area contributed by atoms with Gasteiger partial charge in [-0.3, -0.25) is 5.84 Å². The summed E-state index contributed by atoms with van der Waals surface area (Å²) in [6, 6.07) is 3.18. The first-order chi connectivity index (χ1) is 7.45. The number of aliphatic hydroxyl groups is 1. The number of aliphatic carboxylic acids is 1. The summed E-state index contributed by atoms with van der Waals surface area (Å²) >= 11 is 0. The maximum absolute atomic E-state index is 12.4. The zero-order valence-corrected chi connectivity index (χ0v) is 8.02. The number of hydrogen-bond donors (Lipinski definition) is 4. The highest BCUT2D eigenvalue weighted by Crippen LogP contribution is 2.26. The molecule has 0 saturated heterocycles. The zero-order valence-electron chi connectivity index (χ0n) is 8.02. The first-order valence-corrected chi connectivity index (χ1v) is 4.26. The van der Waals surface area contributed by atoms with Gasteiger partial charge in [0.15, 0.2) is 6.10 Å². The summed E-state index contributed by atoms with van der Waals surface area (Å²) in [5, 5.41) is 17.8. The smallest absolute Gasteiger partial charge is 0.337 e. The standard InChI is InChI=1S/C9H10F2N2O3/c10-8(11)5-1-4(7(14)9(15)16)2-6(3-5)13-12/h1-3,7-8,13-14H,12H2,(H,15,16). The molecular weight excluding hydrogens is 222 g/mol. The Kier molecular flexibility index (Phi) is 3.75. The molecule has 0 spiro atoms. The van der Waals surface area contributed by atoms with Crippen molar-refractivity contribution in [2.75, 3.05) is 5.43 Å². The largest absolute Gasteiger partial charge is 0.479 e. The Bertz CT molecular complexity index is 398. The van der Waals surface area contributed by atoms with Gasteiger partial charge < -0.3 is 15.6 Å². The molecule has 88 valence electrons. The maximum Gasteiger partial charge on any atom is 0.337 e. The molecule has 5 nitrogen and oxygen atoms in total. The predicted octanol–water partition coefficient (Wildman–Crippen LogP) is 1.03. The second-order valence-electron chi connectivity index (χ2n) is 3.07. The molecule has 0 aliphatic rings. The van der Waals surface area contributed by atoms with Gasteiger partial charge >= 0.3 is 5.97 Å². The summed E-state index contributed by atoms with van der Waals surface area (Å²) in [7, 11) is 0. The van der Waals surface area contributed by atoms with Crippen molar-refractivity contribution >= 4 is 11.7 Å². The van der Waals surface area contributed by atoms with E-state index in [1.807, 2.05) is 0 Å². The van der Waals surface area contributed by atoms with Gasteiger partial charge in [0.1, 0.15) is 0 Å². The number of hydrazine groups is 1. The van der Waals surface area contributed by atoms with Crippen molar-refractivity contribution in [3.05, 3.63) is 29.3 Å². The molecule has 0 fully saturated rings. The van der Waals surface area contributed by atoms with Crippen molar-refractivity contribution < 1.29 is 23.8 Å². The minimum absolute atomic E-state index is 0.105. The Morgan fingerprint density at radius 1 is 1.31 bits per heavy atom. The number of carbonyl (C=O) groups is 1. The molecule has 0 amide bonds. The monoisotopic (exact) mass is 232 g/mol. The van der Waals surface area contributed by atoms with Gasteiger partial charge in [-0.25, -0.2) is 13.6 Å². The third kappa shape index (κ3) is 2.65. The molecule has 1 atom stereocenters. The molecular formula is C9H10F2N2O3. The molecule has 1 rings (SSSR count). The molecule has 16 heavy (non-hydrogen) atoms. The molecule has 0 aliphatic heterocycles. The lowest BCUT2D eigenvalue weighted by Gasteiger charge is -2.11. The van der Waals surface area contributed by atoms with Gasteiger partial charge in [-0.1, -0.05) is 0 Å². The molecule has 5 N–H and O–H groups in total. The fourth-order valence-electron chi connectivity index (χ4n) is 1.19. The van der Waals surface area contributed by atoms with Crippen LogP contribution in [0.25, 0.3) is 0 Å². The number of anilines is 1. The van der Waals surface area contributed by atoms with Crippen molar-refractivity contribution in [2.45, 2.75) is 12.5 Å². The SMILES string of the molecule is NNc1cc(C(F)F)cc(C(O)C(=O)O)c1. The Hall–Kier alpha value is -1.73. The molecule has 0 saturated carbocycles.